The summed E-state index contributed by atoms with van der Waals surface area (Å²) in [5.41, 5.74) is 0.396. The SMILES string of the molecule is CC(C)COc1ccc(C(=O)N2CCNC(=O)C2CC(=O)OCCOc2ccccc2)cc1Br. The van der Waals surface area contributed by atoms with E-state index in [1.807, 2.05) is 18.2 Å². The standard InChI is InChI=1S/C25H29BrN2O6/c1-17(2)16-34-22-9-8-18(14-20(22)26)25(31)28-11-10-27-24(30)21(28)15-23(29)33-13-12-32-19-6-4-3-5-7-19/h3-9,14,17,21H,10-13,15-16H2,1-2H3,(H,27,30). The van der Waals surface area contributed by atoms with E-state index >= 15 is 0 Å². The first-order valence-electron chi connectivity index (χ1n) is 11.2. The van der Waals surface area contributed by atoms with E-state index in [0.29, 0.717) is 47.1 Å². The molecular formula is C25H29BrN2O6. The van der Waals surface area contributed by atoms with Crippen LogP contribution in [0.3, 0.4) is 0 Å². The van der Waals surface area contributed by atoms with Crippen LogP contribution >= 0.6 is 15.9 Å². The molecule has 2 amide bonds. The third-order valence-corrected chi connectivity index (χ3v) is 5.68. The van der Waals surface area contributed by atoms with Gasteiger partial charge in [-0.3, -0.25) is 14.4 Å². The number of amides is 2. The van der Waals surface area contributed by atoms with Gasteiger partial charge in [-0.15, -0.1) is 0 Å². The molecular weight excluding hydrogens is 504 g/mol. The van der Waals surface area contributed by atoms with Crippen molar-refractivity contribution < 1.29 is 28.6 Å². The van der Waals surface area contributed by atoms with Gasteiger partial charge in [0, 0.05) is 18.7 Å². The number of halogens is 1. The Morgan fingerprint density at radius 1 is 1.12 bits per heavy atom. The van der Waals surface area contributed by atoms with Crippen LogP contribution in [0.4, 0.5) is 0 Å². The summed E-state index contributed by atoms with van der Waals surface area (Å²) < 4.78 is 17.1. The molecule has 34 heavy (non-hydrogen) atoms. The van der Waals surface area contributed by atoms with E-state index in [9.17, 15) is 14.4 Å². The topological polar surface area (TPSA) is 94.2 Å². The molecule has 182 valence electrons. The molecule has 3 rings (SSSR count). The molecule has 2 aromatic rings. The summed E-state index contributed by atoms with van der Waals surface area (Å²) >= 11 is 3.45. The van der Waals surface area contributed by atoms with E-state index in [-0.39, 0.29) is 31.4 Å². The van der Waals surface area contributed by atoms with Gasteiger partial charge in [0.1, 0.15) is 30.8 Å². The number of rotatable bonds is 10. The van der Waals surface area contributed by atoms with Gasteiger partial charge in [0.15, 0.2) is 0 Å². The number of hydrogen-bond acceptors (Lipinski definition) is 6. The number of nitrogens with one attached hydrogen (secondary N) is 1. The summed E-state index contributed by atoms with van der Waals surface area (Å²) in [6.07, 6.45) is -0.236. The number of ether oxygens (including phenoxy) is 3. The van der Waals surface area contributed by atoms with Crippen LogP contribution in [-0.4, -0.2) is 61.6 Å². The minimum Gasteiger partial charge on any atom is -0.492 e. The third-order valence-electron chi connectivity index (χ3n) is 5.06. The smallest absolute Gasteiger partial charge is 0.308 e. The van der Waals surface area contributed by atoms with Crippen molar-refractivity contribution in [1.82, 2.24) is 10.2 Å². The highest BCUT2D eigenvalue weighted by molar-refractivity contribution is 9.10. The van der Waals surface area contributed by atoms with Crippen molar-refractivity contribution in [2.75, 3.05) is 32.9 Å². The molecule has 0 aromatic heterocycles. The predicted octanol–water partition coefficient (Wildman–Crippen LogP) is 3.44. The first kappa shape index (κ1) is 25.6. The zero-order valence-electron chi connectivity index (χ0n) is 19.3. The van der Waals surface area contributed by atoms with Crippen LogP contribution in [0.15, 0.2) is 53.0 Å². The molecule has 1 heterocycles. The first-order chi connectivity index (χ1) is 16.3. The lowest BCUT2D eigenvalue weighted by Crippen LogP contribution is -2.57. The predicted molar refractivity (Wildman–Crippen MR) is 130 cm³/mol. The average molecular weight is 533 g/mol. The molecule has 1 fully saturated rings. The van der Waals surface area contributed by atoms with Crippen molar-refractivity contribution >= 4 is 33.7 Å². The molecule has 0 spiro atoms. The van der Waals surface area contributed by atoms with E-state index in [2.05, 4.69) is 35.1 Å². The number of para-hydroxylation sites is 1. The molecule has 9 heteroatoms. The maximum absolute atomic E-state index is 13.2. The minimum absolute atomic E-state index is 0.0425. The number of carbonyl (C=O) groups excluding carboxylic acids is 3. The maximum Gasteiger partial charge on any atom is 0.308 e. The Morgan fingerprint density at radius 2 is 1.88 bits per heavy atom. The van der Waals surface area contributed by atoms with Crippen LogP contribution in [0.1, 0.15) is 30.6 Å². The van der Waals surface area contributed by atoms with Crippen LogP contribution in [0.5, 0.6) is 11.5 Å². The van der Waals surface area contributed by atoms with Gasteiger partial charge in [0.25, 0.3) is 5.91 Å². The Labute approximate surface area is 207 Å². The fourth-order valence-corrected chi connectivity index (χ4v) is 3.88. The molecule has 1 aliphatic rings. The highest BCUT2D eigenvalue weighted by atomic mass is 79.9. The molecule has 1 aliphatic heterocycles. The van der Waals surface area contributed by atoms with Crippen molar-refractivity contribution in [3.8, 4) is 11.5 Å². The highest BCUT2D eigenvalue weighted by Gasteiger charge is 2.35. The molecule has 0 radical (unpaired) electrons. The van der Waals surface area contributed by atoms with Crippen LogP contribution < -0.4 is 14.8 Å². The van der Waals surface area contributed by atoms with Gasteiger partial charge in [0.2, 0.25) is 5.91 Å². The van der Waals surface area contributed by atoms with Crippen LogP contribution in [0.25, 0.3) is 0 Å². The average Bonchev–Trinajstić information content (AvgIpc) is 2.82. The molecule has 8 nitrogen and oxygen atoms in total. The van der Waals surface area contributed by atoms with Crippen LogP contribution in [-0.2, 0) is 14.3 Å². The largest absolute Gasteiger partial charge is 0.492 e. The van der Waals surface area contributed by atoms with Crippen molar-refractivity contribution in [2.45, 2.75) is 26.3 Å². The Morgan fingerprint density at radius 3 is 2.59 bits per heavy atom. The number of benzene rings is 2. The van der Waals surface area contributed by atoms with E-state index in [1.165, 1.54) is 4.90 Å². The lowest BCUT2D eigenvalue weighted by molar-refractivity contribution is -0.148. The van der Waals surface area contributed by atoms with Crippen LogP contribution in [0, 0.1) is 5.92 Å². The number of piperazine rings is 1. The van der Waals surface area contributed by atoms with Crippen LogP contribution in [0.2, 0.25) is 0 Å². The second-order valence-corrected chi connectivity index (χ2v) is 9.10. The monoisotopic (exact) mass is 532 g/mol. The molecule has 1 atom stereocenters. The van der Waals surface area contributed by atoms with Gasteiger partial charge >= 0.3 is 5.97 Å². The van der Waals surface area contributed by atoms with E-state index in [1.54, 1.807) is 30.3 Å². The Balaban J connectivity index is 1.58. The molecule has 1 N–H and O–H groups in total. The second-order valence-electron chi connectivity index (χ2n) is 8.24. The summed E-state index contributed by atoms with van der Waals surface area (Å²) in [5.74, 6) is 0.387. The number of hydrogen-bond donors (Lipinski definition) is 1. The van der Waals surface area contributed by atoms with Gasteiger partial charge in [0.05, 0.1) is 17.5 Å². The molecule has 2 aromatic carbocycles. The fraction of sp³-hybridized carbons (Fsp3) is 0.400. The van der Waals surface area contributed by atoms with Crippen molar-refractivity contribution in [1.29, 1.82) is 0 Å². The fourth-order valence-electron chi connectivity index (χ4n) is 3.38. The summed E-state index contributed by atoms with van der Waals surface area (Å²) in [6.45, 7) is 5.50. The van der Waals surface area contributed by atoms with E-state index < -0.39 is 12.0 Å². The molecule has 0 aliphatic carbocycles. The number of nitrogens with zero attached hydrogens (tertiary/aromatic N) is 1. The number of esters is 1. The lowest BCUT2D eigenvalue weighted by atomic mass is 10.1. The second kappa shape index (κ2) is 12.4. The minimum atomic E-state index is -0.945. The summed E-state index contributed by atoms with van der Waals surface area (Å²) in [7, 11) is 0. The van der Waals surface area contributed by atoms with Gasteiger partial charge in [-0.25, -0.2) is 0 Å². The summed E-state index contributed by atoms with van der Waals surface area (Å²) in [4.78, 5) is 39.5. The molecule has 0 saturated carbocycles. The normalized spacial score (nSPS) is 15.6. The molecule has 1 saturated heterocycles. The summed E-state index contributed by atoms with van der Waals surface area (Å²) in [5, 5.41) is 2.72. The maximum atomic E-state index is 13.2. The van der Waals surface area contributed by atoms with Crippen molar-refractivity contribution in [2.24, 2.45) is 5.92 Å². The quantitative estimate of drug-likeness (QED) is 0.372. The Bertz CT molecular complexity index is 998. The molecule has 0 bridgehead atoms. The van der Waals surface area contributed by atoms with E-state index in [4.69, 9.17) is 14.2 Å². The number of carbonyl (C=O) groups is 3. The Kier molecular flexibility index (Phi) is 9.33. The zero-order valence-corrected chi connectivity index (χ0v) is 20.9. The highest BCUT2D eigenvalue weighted by Crippen LogP contribution is 2.27. The van der Waals surface area contributed by atoms with Gasteiger partial charge < -0.3 is 24.4 Å². The van der Waals surface area contributed by atoms with Gasteiger partial charge in [-0.05, 0) is 52.2 Å². The third kappa shape index (κ3) is 7.21. The summed E-state index contributed by atoms with van der Waals surface area (Å²) in [6, 6.07) is 13.3. The first-order valence-corrected chi connectivity index (χ1v) is 12.0. The molecule has 1 unspecified atom stereocenters. The van der Waals surface area contributed by atoms with Crippen molar-refractivity contribution in [3.05, 3.63) is 58.6 Å². The zero-order chi connectivity index (χ0) is 24.5. The van der Waals surface area contributed by atoms with Crippen molar-refractivity contribution in [3.63, 3.8) is 0 Å². The van der Waals surface area contributed by atoms with Gasteiger partial charge in [-0.2, -0.15) is 0 Å². The Hall–Kier alpha value is -3.07. The van der Waals surface area contributed by atoms with E-state index in [0.717, 1.165) is 0 Å². The lowest BCUT2D eigenvalue weighted by Gasteiger charge is -2.34. The van der Waals surface area contributed by atoms with Gasteiger partial charge in [-0.1, -0.05) is 32.0 Å².